The number of hydrogen-bond donors (Lipinski definition) is 1. The van der Waals surface area contributed by atoms with Crippen molar-refractivity contribution in [3.63, 3.8) is 0 Å². The van der Waals surface area contributed by atoms with Crippen LogP contribution < -0.4 is 0 Å². The zero-order valence-electron chi connectivity index (χ0n) is 18.9. The fourth-order valence-electron chi connectivity index (χ4n) is 3.71. The highest BCUT2D eigenvalue weighted by molar-refractivity contribution is 5.91. The van der Waals surface area contributed by atoms with Crippen LogP contribution in [-0.4, -0.2) is 53.7 Å². The largest absolute Gasteiger partial charge is 0.452 e. The second-order valence-corrected chi connectivity index (χ2v) is 7.94. The molecule has 0 amide bonds. The summed E-state index contributed by atoms with van der Waals surface area (Å²) in [6, 6.07) is 24.6. The molecule has 1 N–H and O–H groups in total. The van der Waals surface area contributed by atoms with Crippen LogP contribution in [0, 0.1) is 0 Å². The van der Waals surface area contributed by atoms with Gasteiger partial charge in [0.25, 0.3) is 0 Å². The van der Waals surface area contributed by atoms with Gasteiger partial charge >= 0.3 is 17.9 Å². The van der Waals surface area contributed by atoms with E-state index in [0.29, 0.717) is 0 Å². The van der Waals surface area contributed by atoms with Gasteiger partial charge < -0.3 is 24.1 Å². The van der Waals surface area contributed by atoms with E-state index >= 15 is 0 Å². The molecule has 0 saturated carbocycles. The van der Waals surface area contributed by atoms with Gasteiger partial charge in [-0.2, -0.15) is 0 Å². The Morgan fingerprint density at radius 2 is 0.943 bits per heavy atom. The number of esters is 3. The molecule has 3 aromatic rings. The van der Waals surface area contributed by atoms with E-state index < -0.39 is 48.6 Å². The molecule has 1 fully saturated rings. The molecule has 1 heterocycles. The van der Waals surface area contributed by atoms with Crippen molar-refractivity contribution in [1.29, 1.82) is 0 Å². The number of aliphatic hydroxyl groups excluding tert-OH is 1. The molecule has 4 rings (SSSR count). The first kappa shape index (κ1) is 24.1. The number of benzene rings is 3. The maximum Gasteiger partial charge on any atom is 0.338 e. The first-order chi connectivity index (χ1) is 16.9. The lowest BCUT2D eigenvalue weighted by molar-refractivity contribution is -0.275. The second kappa shape index (κ2) is 10.9. The molecule has 3 aromatic carbocycles. The van der Waals surface area contributed by atoms with Crippen molar-refractivity contribution in [1.82, 2.24) is 0 Å². The molecule has 8 heteroatoms. The number of carbonyl (C=O) groups is 3. The molecule has 0 bridgehead atoms. The summed E-state index contributed by atoms with van der Waals surface area (Å²) in [5.74, 6) is -2.18. The van der Waals surface area contributed by atoms with Crippen molar-refractivity contribution in [3.8, 4) is 0 Å². The van der Waals surface area contributed by atoms with Crippen LogP contribution in [0.4, 0.5) is 0 Å². The van der Waals surface area contributed by atoms with E-state index in [0.717, 1.165) is 0 Å². The van der Waals surface area contributed by atoms with Crippen LogP contribution in [0.1, 0.15) is 38.0 Å². The van der Waals surface area contributed by atoms with E-state index in [9.17, 15) is 19.5 Å². The molecule has 0 unspecified atom stereocenters. The zero-order chi connectivity index (χ0) is 24.8. The van der Waals surface area contributed by atoms with Crippen LogP contribution in [0.15, 0.2) is 91.0 Å². The van der Waals surface area contributed by atoms with Crippen LogP contribution in [0.2, 0.25) is 0 Å². The van der Waals surface area contributed by atoms with Crippen LogP contribution in [0.5, 0.6) is 0 Å². The maximum atomic E-state index is 12.9. The van der Waals surface area contributed by atoms with E-state index in [1.54, 1.807) is 97.9 Å². The van der Waals surface area contributed by atoms with Crippen LogP contribution >= 0.6 is 0 Å². The molecule has 0 aliphatic carbocycles. The molecule has 0 radical (unpaired) electrons. The summed E-state index contributed by atoms with van der Waals surface area (Å²) >= 11 is 0. The third-order valence-electron chi connectivity index (χ3n) is 5.50. The molecule has 1 aliphatic rings. The van der Waals surface area contributed by atoms with Gasteiger partial charge in [-0.15, -0.1) is 0 Å². The van der Waals surface area contributed by atoms with Gasteiger partial charge in [0.2, 0.25) is 0 Å². The molecule has 5 atom stereocenters. The summed E-state index contributed by atoms with van der Waals surface area (Å²) in [7, 11) is 0. The number of hydrogen-bond acceptors (Lipinski definition) is 8. The lowest BCUT2D eigenvalue weighted by Crippen LogP contribution is -2.60. The topological polar surface area (TPSA) is 108 Å². The molecule has 1 saturated heterocycles. The van der Waals surface area contributed by atoms with E-state index in [4.69, 9.17) is 18.9 Å². The smallest absolute Gasteiger partial charge is 0.338 e. The van der Waals surface area contributed by atoms with E-state index in [1.165, 1.54) is 0 Å². The Balaban J connectivity index is 1.63. The molecule has 180 valence electrons. The van der Waals surface area contributed by atoms with Crippen molar-refractivity contribution in [3.05, 3.63) is 108 Å². The third kappa shape index (κ3) is 5.74. The summed E-state index contributed by atoms with van der Waals surface area (Å²) in [5.41, 5.74) is 0.739. The van der Waals surface area contributed by atoms with Gasteiger partial charge in [-0.05, 0) is 43.3 Å². The summed E-state index contributed by atoms with van der Waals surface area (Å²) in [4.78, 5) is 38.5. The minimum absolute atomic E-state index is 0.226. The normalized spacial score (nSPS) is 23.7. The minimum Gasteiger partial charge on any atom is -0.452 e. The highest BCUT2D eigenvalue weighted by Gasteiger charge is 2.50. The summed E-state index contributed by atoms with van der Waals surface area (Å²) in [6.45, 7) is 1.56. The fourth-order valence-corrected chi connectivity index (χ4v) is 3.71. The fraction of sp³-hybridized carbons (Fsp3) is 0.222. The summed E-state index contributed by atoms with van der Waals surface area (Å²) in [6.07, 6.45) is -6.48. The molecule has 35 heavy (non-hydrogen) atoms. The highest BCUT2D eigenvalue weighted by atomic mass is 16.7. The Morgan fingerprint density at radius 3 is 1.34 bits per heavy atom. The zero-order valence-corrected chi connectivity index (χ0v) is 18.9. The lowest BCUT2D eigenvalue weighted by Gasteiger charge is -2.42. The quantitative estimate of drug-likeness (QED) is 0.426. The van der Waals surface area contributed by atoms with Crippen molar-refractivity contribution in [2.24, 2.45) is 0 Å². The van der Waals surface area contributed by atoms with E-state index in [-0.39, 0.29) is 16.7 Å². The first-order valence-electron chi connectivity index (χ1n) is 11.1. The van der Waals surface area contributed by atoms with Crippen LogP contribution in [0.25, 0.3) is 0 Å². The molecular weight excluding hydrogens is 452 g/mol. The Labute approximate surface area is 202 Å². The molecule has 0 aromatic heterocycles. The third-order valence-corrected chi connectivity index (χ3v) is 5.50. The Hall–Kier alpha value is -4.01. The summed E-state index contributed by atoms with van der Waals surface area (Å²) in [5, 5.41) is 10.6. The van der Waals surface area contributed by atoms with Crippen molar-refractivity contribution < 1.29 is 38.4 Å². The maximum absolute atomic E-state index is 12.9. The first-order valence-corrected chi connectivity index (χ1v) is 11.1. The number of ether oxygens (including phenoxy) is 4. The minimum atomic E-state index is -1.63. The number of aliphatic hydroxyl groups is 1. The van der Waals surface area contributed by atoms with Gasteiger partial charge in [-0.3, -0.25) is 0 Å². The number of rotatable bonds is 6. The molecule has 8 nitrogen and oxygen atoms in total. The SMILES string of the molecule is C[C@H]1O[C@@H](O)[C@H](OC(=O)c2ccccc2)[C@@H](OC(=O)c2ccccc2)[C@H]1OC(=O)c1ccccc1. The monoisotopic (exact) mass is 476 g/mol. The molecule has 0 spiro atoms. The van der Waals surface area contributed by atoms with Gasteiger partial charge in [0, 0.05) is 0 Å². The predicted molar refractivity (Wildman–Crippen MR) is 123 cm³/mol. The Kier molecular flexibility index (Phi) is 7.54. The standard InChI is InChI=1S/C27H24O8/c1-17-21(33-24(28)18-11-5-2-6-12-18)22(34-25(29)19-13-7-3-8-14-19)23(27(31)32-17)35-26(30)20-15-9-4-10-16-20/h2-17,21-23,27,31H,1H3/t17-,21+,22+,23-,27-/m1/s1. The van der Waals surface area contributed by atoms with Crippen LogP contribution in [-0.2, 0) is 18.9 Å². The van der Waals surface area contributed by atoms with Crippen LogP contribution in [0.3, 0.4) is 0 Å². The van der Waals surface area contributed by atoms with Gasteiger partial charge in [-0.1, -0.05) is 54.6 Å². The van der Waals surface area contributed by atoms with Crippen molar-refractivity contribution >= 4 is 17.9 Å². The Morgan fingerprint density at radius 1 is 0.600 bits per heavy atom. The van der Waals surface area contributed by atoms with Crippen molar-refractivity contribution in [2.45, 2.75) is 37.6 Å². The van der Waals surface area contributed by atoms with Gasteiger partial charge in [0.1, 0.15) is 0 Å². The highest BCUT2D eigenvalue weighted by Crippen LogP contribution is 2.29. The molecular formula is C27H24O8. The predicted octanol–water partition coefficient (Wildman–Crippen LogP) is 3.40. The van der Waals surface area contributed by atoms with Gasteiger partial charge in [-0.25, -0.2) is 14.4 Å². The average Bonchev–Trinajstić information content (AvgIpc) is 2.89. The number of carbonyl (C=O) groups excluding carboxylic acids is 3. The summed E-state index contributed by atoms with van der Waals surface area (Å²) < 4.78 is 22.4. The van der Waals surface area contributed by atoms with Crippen molar-refractivity contribution in [2.75, 3.05) is 0 Å². The average molecular weight is 476 g/mol. The van der Waals surface area contributed by atoms with Gasteiger partial charge in [0.05, 0.1) is 22.8 Å². The van der Waals surface area contributed by atoms with E-state index in [1.807, 2.05) is 0 Å². The Bertz CT molecular complexity index is 1080. The molecule has 1 aliphatic heterocycles. The van der Waals surface area contributed by atoms with E-state index in [2.05, 4.69) is 0 Å². The van der Waals surface area contributed by atoms with Gasteiger partial charge in [0.15, 0.2) is 24.6 Å². The second-order valence-electron chi connectivity index (χ2n) is 7.94. The lowest BCUT2D eigenvalue weighted by atomic mass is 9.98.